The van der Waals surface area contributed by atoms with E-state index < -0.39 is 22.0 Å². The first-order valence-electron chi connectivity index (χ1n) is 6.06. The van der Waals surface area contributed by atoms with Crippen LogP contribution in [0.5, 0.6) is 0 Å². The van der Waals surface area contributed by atoms with E-state index >= 15 is 0 Å². The van der Waals surface area contributed by atoms with Gasteiger partial charge in [0.1, 0.15) is 0 Å². The molecule has 0 unspecified atom stereocenters. The first-order valence-corrected chi connectivity index (χ1v) is 7.71. The van der Waals surface area contributed by atoms with E-state index in [1.165, 1.54) is 0 Å². The highest BCUT2D eigenvalue weighted by Gasteiger charge is 2.41. The third-order valence-electron chi connectivity index (χ3n) is 3.63. The molecule has 5 heteroatoms. The van der Waals surface area contributed by atoms with Gasteiger partial charge in [-0.15, -0.1) is 0 Å². The second-order valence-electron chi connectivity index (χ2n) is 5.05. The zero-order chi connectivity index (χ0) is 13.3. The summed E-state index contributed by atoms with van der Waals surface area (Å²) in [5.74, 6) is -0.560. The van der Waals surface area contributed by atoms with Gasteiger partial charge >= 0.3 is 0 Å². The molecule has 0 heterocycles. The monoisotopic (exact) mass is 270 g/mol. The van der Waals surface area contributed by atoms with E-state index in [9.17, 15) is 18.6 Å². The molecule has 2 rings (SSSR count). The standard InChI is InChI=1S/C13H18O4S/c1-9-7-10(13(15)12(9)14)8-18(16,17)11-5-3-2-4-6-11/h2-6,9-10,12-15H,7-8H2,1H3/t9-,10-,12+,13-/m1/s1. The van der Waals surface area contributed by atoms with E-state index in [1.807, 2.05) is 6.92 Å². The van der Waals surface area contributed by atoms with Crippen molar-refractivity contribution in [1.82, 2.24) is 0 Å². The normalized spacial score (nSPS) is 32.6. The summed E-state index contributed by atoms with van der Waals surface area (Å²) in [6.07, 6.45) is -1.23. The maximum atomic E-state index is 12.2. The van der Waals surface area contributed by atoms with Crippen molar-refractivity contribution in [2.24, 2.45) is 11.8 Å². The van der Waals surface area contributed by atoms with Crippen molar-refractivity contribution < 1.29 is 18.6 Å². The number of sulfone groups is 1. The minimum absolute atomic E-state index is 0.0593. The van der Waals surface area contributed by atoms with Gasteiger partial charge in [0.25, 0.3) is 0 Å². The van der Waals surface area contributed by atoms with E-state index in [-0.39, 0.29) is 22.5 Å². The number of aliphatic hydroxyl groups excluding tert-OH is 2. The topological polar surface area (TPSA) is 74.6 Å². The van der Waals surface area contributed by atoms with Crippen molar-refractivity contribution in [3.05, 3.63) is 30.3 Å². The lowest BCUT2D eigenvalue weighted by molar-refractivity contribution is 0.0103. The fourth-order valence-corrected chi connectivity index (χ4v) is 4.21. The Balaban J connectivity index is 2.15. The summed E-state index contributed by atoms with van der Waals surface area (Å²) in [6.45, 7) is 1.82. The van der Waals surface area contributed by atoms with Crippen LogP contribution in [0.3, 0.4) is 0 Å². The Morgan fingerprint density at radius 2 is 1.78 bits per heavy atom. The fraction of sp³-hybridized carbons (Fsp3) is 0.538. The SMILES string of the molecule is C[C@@H]1C[C@H](CS(=O)(=O)c2ccccc2)[C@@H](O)[C@H]1O. The van der Waals surface area contributed by atoms with Gasteiger partial charge in [0.05, 0.1) is 22.9 Å². The summed E-state index contributed by atoms with van der Waals surface area (Å²) in [7, 11) is -3.39. The molecule has 0 radical (unpaired) electrons. The second kappa shape index (κ2) is 4.99. The molecule has 0 aromatic heterocycles. The Bertz CT molecular complexity index is 497. The zero-order valence-electron chi connectivity index (χ0n) is 10.2. The van der Waals surface area contributed by atoms with E-state index in [1.54, 1.807) is 30.3 Å². The van der Waals surface area contributed by atoms with Crippen LogP contribution in [0.25, 0.3) is 0 Å². The molecular weight excluding hydrogens is 252 g/mol. The number of hydrogen-bond donors (Lipinski definition) is 2. The first kappa shape index (κ1) is 13.5. The Kier molecular flexibility index (Phi) is 3.75. The van der Waals surface area contributed by atoms with Gasteiger partial charge in [-0.25, -0.2) is 8.42 Å². The van der Waals surface area contributed by atoms with Crippen LogP contribution >= 0.6 is 0 Å². The van der Waals surface area contributed by atoms with Gasteiger partial charge in [-0.2, -0.15) is 0 Å². The molecule has 18 heavy (non-hydrogen) atoms. The van der Waals surface area contributed by atoms with Crippen LogP contribution in [0, 0.1) is 11.8 Å². The van der Waals surface area contributed by atoms with Crippen molar-refractivity contribution in [3.63, 3.8) is 0 Å². The van der Waals surface area contributed by atoms with Crippen LogP contribution in [-0.4, -0.2) is 36.6 Å². The molecule has 0 spiro atoms. The van der Waals surface area contributed by atoms with E-state index in [0.717, 1.165) is 0 Å². The van der Waals surface area contributed by atoms with Gasteiger partial charge in [0.2, 0.25) is 0 Å². The van der Waals surface area contributed by atoms with E-state index in [2.05, 4.69) is 0 Å². The highest BCUT2D eigenvalue weighted by molar-refractivity contribution is 7.91. The predicted molar refractivity (Wildman–Crippen MR) is 67.8 cm³/mol. The summed E-state index contributed by atoms with van der Waals surface area (Å²) in [5.41, 5.74) is 0. The van der Waals surface area contributed by atoms with Gasteiger partial charge in [0.15, 0.2) is 9.84 Å². The predicted octanol–water partition coefficient (Wildman–Crippen LogP) is 0.838. The lowest BCUT2D eigenvalue weighted by Crippen LogP contribution is -2.30. The zero-order valence-corrected chi connectivity index (χ0v) is 11.0. The van der Waals surface area contributed by atoms with Crippen LogP contribution in [-0.2, 0) is 9.84 Å². The van der Waals surface area contributed by atoms with Gasteiger partial charge in [-0.1, -0.05) is 25.1 Å². The third-order valence-corrected chi connectivity index (χ3v) is 5.48. The lowest BCUT2D eigenvalue weighted by atomic mass is 10.1. The first-order chi connectivity index (χ1) is 8.42. The molecule has 100 valence electrons. The molecule has 1 fully saturated rings. The Hall–Kier alpha value is -0.910. The van der Waals surface area contributed by atoms with Crippen LogP contribution in [0.15, 0.2) is 35.2 Å². The summed E-state index contributed by atoms with van der Waals surface area (Å²) in [5, 5.41) is 19.5. The summed E-state index contributed by atoms with van der Waals surface area (Å²) in [6, 6.07) is 8.22. The highest BCUT2D eigenvalue weighted by Crippen LogP contribution is 2.33. The summed E-state index contributed by atoms with van der Waals surface area (Å²) in [4.78, 5) is 0.270. The summed E-state index contributed by atoms with van der Waals surface area (Å²) >= 11 is 0. The number of rotatable bonds is 3. The smallest absolute Gasteiger partial charge is 0.178 e. The minimum atomic E-state index is -3.39. The van der Waals surface area contributed by atoms with E-state index in [4.69, 9.17) is 0 Å². The molecule has 1 aromatic rings. The molecule has 1 aliphatic carbocycles. The number of aliphatic hydroxyl groups is 2. The Labute approximate surface area is 107 Å². The number of hydrogen-bond acceptors (Lipinski definition) is 4. The highest BCUT2D eigenvalue weighted by atomic mass is 32.2. The maximum absolute atomic E-state index is 12.2. The largest absolute Gasteiger partial charge is 0.390 e. The van der Waals surface area contributed by atoms with Crippen LogP contribution in [0.4, 0.5) is 0 Å². The van der Waals surface area contributed by atoms with Gasteiger partial charge in [-0.3, -0.25) is 0 Å². The third kappa shape index (κ3) is 2.58. The second-order valence-corrected chi connectivity index (χ2v) is 7.08. The molecular formula is C13H18O4S. The molecule has 0 amide bonds. The van der Waals surface area contributed by atoms with E-state index in [0.29, 0.717) is 6.42 Å². The van der Waals surface area contributed by atoms with Crippen molar-refractivity contribution in [3.8, 4) is 0 Å². The van der Waals surface area contributed by atoms with Gasteiger partial charge in [0, 0.05) is 5.92 Å². The minimum Gasteiger partial charge on any atom is -0.390 e. The Morgan fingerprint density at radius 3 is 2.28 bits per heavy atom. The van der Waals surface area contributed by atoms with Crippen molar-refractivity contribution in [1.29, 1.82) is 0 Å². The Morgan fingerprint density at radius 1 is 1.17 bits per heavy atom. The molecule has 4 nitrogen and oxygen atoms in total. The van der Waals surface area contributed by atoms with Gasteiger partial charge in [-0.05, 0) is 24.5 Å². The molecule has 1 aliphatic rings. The van der Waals surface area contributed by atoms with Gasteiger partial charge < -0.3 is 10.2 Å². The molecule has 1 saturated carbocycles. The molecule has 1 aromatic carbocycles. The fourth-order valence-electron chi connectivity index (χ4n) is 2.54. The van der Waals surface area contributed by atoms with Crippen LogP contribution < -0.4 is 0 Å². The quantitative estimate of drug-likeness (QED) is 0.853. The van der Waals surface area contributed by atoms with Crippen molar-refractivity contribution in [2.45, 2.75) is 30.4 Å². The summed E-state index contributed by atoms with van der Waals surface area (Å²) < 4.78 is 24.3. The van der Waals surface area contributed by atoms with Crippen molar-refractivity contribution in [2.75, 3.05) is 5.75 Å². The average molecular weight is 270 g/mol. The molecule has 2 N–H and O–H groups in total. The average Bonchev–Trinajstić information content (AvgIpc) is 2.58. The lowest BCUT2D eigenvalue weighted by Gasteiger charge is -2.16. The van der Waals surface area contributed by atoms with Crippen LogP contribution in [0.2, 0.25) is 0 Å². The van der Waals surface area contributed by atoms with Crippen LogP contribution in [0.1, 0.15) is 13.3 Å². The maximum Gasteiger partial charge on any atom is 0.178 e. The molecule has 0 bridgehead atoms. The molecule has 0 aliphatic heterocycles. The molecule has 0 saturated heterocycles. The number of benzene rings is 1. The van der Waals surface area contributed by atoms with Crippen molar-refractivity contribution >= 4 is 9.84 Å². The molecule has 4 atom stereocenters.